The second-order valence-electron chi connectivity index (χ2n) is 13.8. The van der Waals surface area contributed by atoms with Gasteiger partial charge in [0.15, 0.2) is 5.60 Å². The topological polar surface area (TPSA) is 224 Å². The highest BCUT2D eigenvalue weighted by molar-refractivity contribution is 6.32. The molecule has 2 saturated heterocycles. The zero-order valence-electron chi connectivity index (χ0n) is 28.8. The van der Waals surface area contributed by atoms with Crippen molar-refractivity contribution in [2.45, 2.75) is 94.0 Å². The molecule has 8 N–H and O–H groups in total. The zero-order valence-corrected chi connectivity index (χ0v) is 29.6. The molecular formula is C37H46ClN3O11. The first-order chi connectivity index (χ1) is 24.8. The maximum Gasteiger partial charge on any atom is 0.336 e. The van der Waals surface area contributed by atoms with Gasteiger partial charge in [-0.1, -0.05) is 42.0 Å². The molecule has 2 fully saturated rings. The number of aliphatic carboxylic acids is 1. The number of carbonyl (C=O) groups excluding carboxylic acids is 3. The van der Waals surface area contributed by atoms with Gasteiger partial charge in [0, 0.05) is 38.5 Å². The van der Waals surface area contributed by atoms with Gasteiger partial charge in [-0.3, -0.25) is 14.4 Å². The number of hydrogen-bond donors (Lipinski definition) is 8. The van der Waals surface area contributed by atoms with Crippen molar-refractivity contribution in [2.75, 3.05) is 19.8 Å². The SMILES string of the molecule is CC(=O)N[C@H]1[C@H]2O[C@](C(=O)O)(C/C=C/c3cccc(c3)[C@@H](NC(=O)C3CCCOC3)CCCc3cc(cc(Cl)c3O)C(=O)NC[C@@H](O)[C@H]2O)C[C@@H]1O. The summed E-state index contributed by atoms with van der Waals surface area (Å²) in [5.41, 5.74) is -0.143. The highest BCUT2D eigenvalue weighted by Crippen LogP contribution is 2.36. The zero-order chi connectivity index (χ0) is 37.6. The number of carboxylic acids is 1. The molecule has 0 aromatic heterocycles. The van der Waals surface area contributed by atoms with Crippen LogP contribution in [0.5, 0.6) is 5.75 Å². The molecule has 1 unspecified atom stereocenters. The first kappa shape index (κ1) is 39.2. The second-order valence-corrected chi connectivity index (χ2v) is 14.2. The van der Waals surface area contributed by atoms with Crippen molar-refractivity contribution < 1.29 is 54.2 Å². The third-order valence-corrected chi connectivity index (χ3v) is 10.2. The fourth-order valence-electron chi connectivity index (χ4n) is 7.05. The minimum Gasteiger partial charge on any atom is -0.506 e. The lowest BCUT2D eigenvalue weighted by molar-refractivity contribution is -0.226. The van der Waals surface area contributed by atoms with E-state index in [1.165, 1.54) is 19.1 Å². The number of phenolic OH excluding ortho intramolecular Hbond substituents is 1. The van der Waals surface area contributed by atoms with Gasteiger partial charge >= 0.3 is 5.97 Å². The summed E-state index contributed by atoms with van der Waals surface area (Å²) in [7, 11) is 0. The Kier molecular flexibility index (Phi) is 12.9. The molecule has 3 heterocycles. The van der Waals surface area contributed by atoms with Gasteiger partial charge < -0.3 is 51.0 Å². The van der Waals surface area contributed by atoms with Crippen molar-refractivity contribution in [1.29, 1.82) is 0 Å². The van der Waals surface area contributed by atoms with Gasteiger partial charge in [0.05, 0.1) is 41.8 Å². The molecule has 0 aliphatic carbocycles. The maximum atomic E-state index is 13.4. The molecule has 2 aromatic carbocycles. The van der Waals surface area contributed by atoms with Crippen LogP contribution >= 0.6 is 11.6 Å². The normalized spacial score (nSPS) is 30.9. The molecule has 6 bridgehead atoms. The Bertz CT molecular complexity index is 1670. The number of rotatable bonds is 4. The summed E-state index contributed by atoms with van der Waals surface area (Å²) in [4.78, 5) is 51.4. The molecule has 5 rings (SSSR count). The van der Waals surface area contributed by atoms with E-state index in [9.17, 15) is 44.7 Å². The number of ether oxygens (including phenoxy) is 2. The van der Waals surface area contributed by atoms with Crippen LogP contribution in [0, 0.1) is 5.92 Å². The Hall–Kier alpha value is -4.05. The van der Waals surface area contributed by atoms with E-state index in [0.29, 0.717) is 50.0 Å². The predicted octanol–water partition coefficient (Wildman–Crippen LogP) is 2.00. The average molecular weight is 744 g/mol. The molecule has 3 amide bonds. The van der Waals surface area contributed by atoms with Crippen molar-refractivity contribution in [3.05, 3.63) is 69.8 Å². The largest absolute Gasteiger partial charge is 0.506 e. The summed E-state index contributed by atoms with van der Waals surface area (Å²) < 4.78 is 11.5. The number of aliphatic hydroxyl groups is 3. The fourth-order valence-corrected chi connectivity index (χ4v) is 7.29. The summed E-state index contributed by atoms with van der Waals surface area (Å²) in [5, 5.41) is 62.6. The minimum absolute atomic E-state index is 0.0664. The van der Waals surface area contributed by atoms with Crippen LogP contribution in [0.4, 0.5) is 0 Å². The summed E-state index contributed by atoms with van der Waals surface area (Å²) in [5.74, 6) is -3.35. The number of aromatic hydroxyl groups is 1. The van der Waals surface area contributed by atoms with Crippen molar-refractivity contribution >= 4 is 41.4 Å². The predicted molar refractivity (Wildman–Crippen MR) is 188 cm³/mol. The highest BCUT2D eigenvalue weighted by atomic mass is 35.5. The van der Waals surface area contributed by atoms with Crippen molar-refractivity contribution in [1.82, 2.24) is 16.0 Å². The first-order valence-electron chi connectivity index (χ1n) is 17.4. The van der Waals surface area contributed by atoms with Crippen LogP contribution in [0.2, 0.25) is 5.02 Å². The highest BCUT2D eigenvalue weighted by Gasteiger charge is 2.54. The number of phenols is 1. The molecule has 0 spiro atoms. The number of amides is 3. The number of β-amino-alcohol motifs (C(OH)–C–C–N with tert-alkyl or cyclic N) is 1. The maximum absolute atomic E-state index is 13.4. The molecule has 3 aliphatic rings. The van der Waals surface area contributed by atoms with Crippen LogP contribution in [0.1, 0.15) is 78.5 Å². The van der Waals surface area contributed by atoms with Crippen molar-refractivity contribution in [3.8, 4) is 5.75 Å². The van der Waals surface area contributed by atoms with E-state index in [4.69, 9.17) is 21.1 Å². The van der Waals surface area contributed by atoms with E-state index >= 15 is 0 Å². The number of fused-ring (bicyclic) bond motifs is 6. The molecule has 8 atom stereocenters. The Morgan fingerprint density at radius 1 is 1.04 bits per heavy atom. The van der Waals surface area contributed by atoms with E-state index in [2.05, 4.69) is 16.0 Å². The van der Waals surface area contributed by atoms with Crippen molar-refractivity contribution in [3.63, 3.8) is 0 Å². The standard InChI is InChI=1S/C37H46ClN3O11/c1-20(42)40-30-28(43)17-37(36(49)50)12-4-7-21-6-2-8-22(14-21)27(41-35(48)24-10-5-13-51-19-24)11-3-9-23-15-25(16-26(38)31(23)45)34(47)39-18-29(44)32(46)33(30)52-37/h2,4,6-8,14-16,24,27-30,32-33,43-46H,3,5,9-13,17-19H2,1H3,(H,39,47)(H,40,42)(H,41,48)(H,49,50)/b7-4+/t24?,27-,28-,29+,30+,32+,33+,37+/m0/s1. The summed E-state index contributed by atoms with van der Waals surface area (Å²) >= 11 is 6.32. The lowest BCUT2D eigenvalue weighted by atomic mass is 9.81. The van der Waals surface area contributed by atoms with E-state index in [1.807, 2.05) is 12.1 Å². The van der Waals surface area contributed by atoms with Gasteiger partial charge in [-0.05, 0) is 67.0 Å². The second kappa shape index (κ2) is 17.2. The summed E-state index contributed by atoms with van der Waals surface area (Å²) in [6.07, 6.45) is -1.45. The molecule has 14 nitrogen and oxygen atoms in total. The van der Waals surface area contributed by atoms with Gasteiger partial charge in [0.2, 0.25) is 11.8 Å². The molecular weight excluding hydrogens is 698 g/mol. The van der Waals surface area contributed by atoms with Crippen LogP contribution < -0.4 is 16.0 Å². The Labute approximate surface area is 306 Å². The molecule has 15 heteroatoms. The van der Waals surface area contributed by atoms with E-state index < -0.39 is 72.8 Å². The number of carboxylic acid groups (broad SMARTS) is 1. The summed E-state index contributed by atoms with van der Waals surface area (Å²) in [6.45, 7) is 1.58. The van der Waals surface area contributed by atoms with Crippen LogP contribution in [0.3, 0.4) is 0 Å². The third kappa shape index (κ3) is 9.29. The van der Waals surface area contributed by atoms with Gasteiger partial charge in [0.1, 0.15) is 18.0 Å². The lowest BCUT2D eigenvalue weighted by Gasteiger charge is -2.47. The molecule has 3 aliphatic heterocycles. The lowest BCUT2D eigenvalue weighted by Crippen LogP contribution is -2.67. The Morgan fingerprint density at radius 2 is 1.83 bits per heavy atom. The summed E-state index contributed by atoms with van der Waals surface area (Å²) in [6, 6.07) is 8.33. The van der Waals surface area contributed by atoms with Crippen molar-refractivity contribution in [2.24, 2.45) is 5.92 Å². The van der Waals surface area contributed by atoms with Gasteiger partial charge in [0.25, 0.3) is 5.91 Å². The molecule has 0 saturated carbocycles. The quantitative estimate of drug-likeness (QED) is 0.226. The molecule has 282 valence electrons. The smallest absolute Gasteiger partial charge is 0.336 e. The number of hydrogen-bond acceptors (Lipinski definition) is 10. The Balaban J connectivity index is 1.52. The van der Waals surface area contributed by atoms with E-state index in [1.54, 1.807) is 24.3 Å². The number of benzene rings is 2. The number of nitrogens with one attached hydrogen (secondary N) is 3. The molecule has 0 radical (unpaired) electrons. The van der Waals surface area contributed by atoms with Gasteiger partial charge in [-0.15, -0.1) is 0 Å². The van der Waals surface area contributed by atoms with Crippen LogP contribution in [-0.2, 0) is 30.3 Å². The van der Waals surface area contributed by atoms with E-state index in [0.717, 1.165) is 12.0 Å². The number of aliphatic hydroxyl groups excluding tert-OH is 3. The molecule has 2 aromatic rings. The number of halogens is 1. The van der Waals surface area contributed by atoms with Crippen LogP contribution in [0.25, 0.3) is 6.08 Å². The number of carbonyl (C=O) groups is 4. The monoisotopic (exact) mass is 743 g/mol. The number of aryl methyl sites for hydroxylation is 1. The van der Waals surface area contributed by atoms with Crippen LogP contribution in [0.15, 0.2) is 42.5 Å². The fraction of sp³-hybridized carbons (Fsp3) is 0.514. The van der Waals surface area contributed by atoms with Gasteiger partial charge in [-0.25, -0.2) is 4.79 Å². The Morgan fingerprint density at radius 3 is 2.54 bits per heavy atom. The van der Waals surface area contributed by atoms with Gasteiger partial charge in [-0.2, -0.15) is 0 Å². The van der Waals surface area contributed by atoms with Crippen LogP contribution in [-0.4, -0.2) is 105 Å². The van der Waals surface area contributed by atoms with E-state index in [-0.39, 0.29) is 34.6 Å². The first-order valence-corrected chi connectivity index (χ1v) is 17.8. The third-order valence-electron chi connectivity index (χ3n) is 9.89. The molecule has 52 heavy (non-hydrogen) atoms. The minimum atomic E-state index is -2.06. The average Bonchev–Trinajstić information content (AvgIpc) is 3.12.